The van der Waals surface area contributed by atoms with Crippen molar-refractivity contribution in [3.8, 4) is 0 Å². The molecule has 4 rings (SSSR count). The molecule has 5 nitrogen and oxygen atoms in total. The lowest BCUT2D eigenvalue weighted by Crippen LogP contribution is -2.36. The quantitative estimate of drug-likeness (QED) is 0.810. The van der Waals surface area contributed by atoms with Crippen LogP contribution in [0.2, 0.25) is 0 Å². The van der Waals surface area contributed by atoms with Crippen LogP contribution in [0, 0.1) is 6.92 Å². The van der Waals surface area contributed by atoms with E-state index in [4.69, 9.17) is 4.42 Å². The van der Waals surface area contributed by atoms with Gasteiger partial charge in [-0.15, -0.1) is 0 Å². The van der Waals surface area contributed by atoms with E-state index in [1.54, 1.807) is 19.3 Å². The van der Waals surface area contributed by atoms with E-state index in [0.717, 1.165) is 23.3 Å². The molecule has 1 aromatic carbocycles. The molecule has 5 heteroatoms. The summed E-state index contributed by atoms with van der Waals surface area (Å²) in [5.41, 5.74) is 4.01. The molecular formula is C17H15N3O2. The van der Waals surface area contributed by atoms with Crippen molar-refractivity contribution in [2.75, 3.05) is 13.1 Å². The standard InChI is InChI=1S/C17H15N3O2/c1-11-19-9-15(22-11)14-8-18-10-16(21)20-7-6-12-4-2-3-5-13(12)17(14)20/h2-5,8-9H,6-7,10H2,1H3. The van der Waals surface area contributed by atoms with Crippen LogP contribution in [0.3, 0.4) is 0 Å². The number of allylic oxidation sites excluding steroid dienone is 1. The highest BCUT2D eigenvalue weighted by atomic mass is 16.4. The van der Waals surface area contributed by atoms with Gasteiger partial charge in [0, 0.05) is 25.2 Å². The monoisotopic (exact) mass is 293 g/mol. The van der Waals surface area contributed by atoms with Crippen molar-refractivity contribution in [2.24, 2.45) is 4.99 Å². The van der Waals surface area contributed by atoms with Gasteiger partial charge in [0.1, 0.15) is 6.54 Å². The van der Waals surface area contributed by atoms with Crippen molar-refractivity contribution >= 4 is 23.4 Å². The largest absolute Gasteiger partial charge is 0.441 e. The highest BCUT2D eigenvalue weighted by Crippen LogP contribution is 2.35. The molecule has 2 aromatic rings. The number of nitrogens with zero attached hydrogens (tertiary/aromatic N) is 3. The Labute approximate surface area is 128 Å². The maximum absolute atomic E-state index is 12.4. The number of aryl methyl sites for hydroxylation is 1. The van der Waals surface area contributed by atoms with E-state index >= 15 is 0 Å². The van der Waals surface area contributed by atoms with Crippen LogP contribution in [-0.2, 0) is 11.2 Å². The van der Waals surface area contributed by atoms with E-state index < -0.39 is 0 Å². The van der Waals surface area contributed by atoms with Gasteiger partial charge < -0.3 is 9.32 Å². The first-order valence-corrected chi connectivity index (χ1v) is 7.29. The fourth-order valence-corrected chi connectivity index (χ4v) is 3.03. The summed E-state index contributed by atoms with van der Waals surface area (Å²) in [6.07, 6.45) is 4.28. The SMILES string of the molecule is Cc1ncc(C2=C3c4ccccc4CCN3C(=O)CN=C2)o1. The van der Waals surface area contributed by atoms with Crippen molar-refractivity contribution in [2.45, 2.75) is 13.3 Å². The predicted molar refractivity (Wildman–Crippen MR) is 83.3 cm³/mol. The molecule has 0 saturated heterocycles. The third kappa shape index (κ3) is 1.97. The van der Waals surface area contributed by atoms with Crippen molar-refractivity contribution in [3.63, 3.8) is 0 Å². The van der Waals surface area contributed by atoms with Gasteiger partial charge in [-0.05, 0) is 12.0 Å². The second-order valence-electron chi connectivity index (χ2n) is 5.43. The molecular weight excluding hydrogens is 278 g/mol. The summed E-state index contributed by atoms with van der Waals surface area (Å²) >= 11 is 0. The Morgan fingerprint density at radius 2 is 2.14 bits per heavy atom. The highest BCUT2D eigenvalue weighted by molar-refractivity contribution is 6.21. The molecule has 0 N–H and O–H groups in total. The fraction of sp³-hybridized carbons (Fsp3) is 0.235. The summed E-state index contributed by atoms with van der Waals surface area (Å²) in [5, 5.41) is 0. The third-order valence-electron chi connectivity index (χ3n) is 4.04. The second-order valence-corrected chi connectivity index (χ2v) is 5.43. The summed E-state index contributed by atoms with van der Waals surface area (Å²) in [7, 11) is 0. The number of benzene rings is 1. The molecule has 0 aliphatic carbocycles. The van der Waals surface area contributed by atoms with Gasteiger partial charge in [0.2, 0.25) is 5.91 Å². The first kappa shape index (κ1) is 13.0. The van der Waals surface area contributed by atoms with E-state index in [2.05, 4.69) is 16.0 Å². The number of hydrogen-bond donors (Lipinski definition) is 0. The zero-order valence-electron chi connectivity index (χ0n) is 12.2. The number of aromatic nitrogens is 1. The molecule has 0 bridgehead atoms. The van der Waals surface area contributed by atoms with E-state index in [-0.39, 0.29) is 12.5 Å². The third-order valence-corrected chi connectivity index (χ3v) is 4.04. The smallest absolute Gasteiger partial charge is 0.248 e. The summed E-state index contributed by atoms with van der Waals surface area (Å²) in [5.74, 6) is 1.27. The van der Waals surface area contributed by atoms with E-state index in [9.17, 15) is 4.79 Å². The Morgan fingerprint density at radius 1 is 1.27 bits per heavy atom. The molecule has 0 unspecified atom stereocenters. The van der Waals surface area contributed by atoms with E-state index in [0.29, 0.717) is 18.2 Å². The van der Waals surface area contributed by atoms with Crippen molar-refractivity contribution in [1.29, 1.82) is 0 Å². The van der Waals surface area contributed by atoms with Gasteiger partial charge in [-0.1, -0.05) is 24.3 Å². The molecule has 1 aromatic heterocycles. The number of amides is 1. The van der Waals surface area contributed by atoms with Gasteiger partial charge in [0.25, 0.3) is 0 Å². The minimum atomic E-state index is 0.0204. The number of rotatable bonds is 1. The Morgan fingerprint density at radius 3 is 2.95 bits per heavy atom. The summed E-state index contributed by atoms with van der Waals surface area (Å²) in [6.45, 7) is 2.65. The van der Waals surface area contributed by atoms with Gasteiger partial charge in [0.05, 0.1) is 17.5 Å². The highest BCUT2D eigenvalue weighted by Gasteiger charge is 2.30. The van der Waals surface area contributed by atoms with Crippen LogP contribution in [0.25, 0.3) is 11.3 Å². The molecule has 2 aliphatic heterocycles. The minimum absolute atomic E-state index is 0.0204. The normalized spacial score (nSPS) is 17.3. The molecule has 0 spiro atoms. The number of hydrogen-bond acceptors (Lipinski definition) is 4. The van der Waals surface area contributed by atoms with Crippen molar-refractivity contribution < 1.29 is 9.21 Å². The molecule has 0 saturated carbocycles. The van der Waals surface area contributed by atoms with Crippen LogP contribution in [0.4, 0.5) is 0 Å². The van der Waals surface area contributed by atoms with Gasteiger partial charge in [-0.25, -0.2) is 4.98 Å². The van der Waals surface area contributed by atoms with Crippen LogP contribution in [0.1, 0.15) is 22.8 Å². The average molecular weight is 293 g/mol. The van der Waals surface area contributed by atoms with Gasteiger partial charge >= 0.3 is 0 Å². The Bertz CT molecular complexity index is 817. The fourth-order valence-electron chi connectivity index (χ4n) is 3.03. The van der Waals surface area contributed by atoms with Crippen LogP contribution in [0.15, 0.2) is 39.9 Å². The van der Waals surface area contributed by atoms with Crippen LogP contribution >= 0.6 is 0 Å². The van der Waals surface area contributed by atoms with E-state index in [1.165, 1.54) is 5.56 Å². The van der Waals surface area contributed by atoms with Crippen LogP contribution in [0.5, 0.6) is 0 Å². The number of carbonyl (C=O) groups is 1. The Balaban J connectivity index is 2.00. The maximum Gasteiger partial charge on any atom is 0.248 e. The van der Waals surface area contributed by atoms with Crippen LogP contribution < -0.4 is 0 Å². The maximum atomic E-state index is 12.4. The lowest BCUT2D eigenvalue weighted by atomic mass is 9.93. The molecule has 110 valence electrons. The van der Waals surface area contributed by atoms with Crippen LogP contribution in [-0.4, -0.2) is 35.1 Å². The number of oxazole rings is 1. The summed E-state index contributed by atoms with van der Waals surface area (Å²) < 4.78 is 5.68. The van der Waals surface area contributed by atoms with Crippen molar-refractivity contribution in [3.05, 3.63) is 53.2 Å². The molecule has 2 aliphatic rings. The second kappa shape index (κ2) is 4.94. The van der Waals surface area contributed by atoms with Gasteiger partial charge in [-0.2, -0.15) is 0 Å². The molecule has 0 atom stereocenters. The zero-order valence-corrected chi connectivity index (χ0v) is 12.2. The number of aliphatic imine (C=N–C) groups is 1. The Kier molecular flexibility index (Phi) is 2.92. The summed E-state index contributed by atoms with van der Waals surface area (Å²) in [4.78, 5) is 22.6. The lowest BCUT2D eigenvalue weighted by Gasteiger charge is -2.31. The van der Waals surface area contributed by atoms with Crippen molar-refractivity contribution in [1.82, 2.24) is 9.88 Å². The first-order valence-electron chi connectivity index (χ1n) is 7.29. The average Bonchev–Trinajstić information content (AvgIpc) is 2.89. The molecule has 3 heterocycles. The number of carbonyl (C=O) groups excluding carboxylic acids is 1. The van der Waals surface area contributed by atoms with E-state index in [1.807, 2.05) is 23.1 Å². The van der Waals surface area contributed by atoms with Gasteiger partial charge in [0.15, 0.2) is 11.7 Å². The predicted octanol–water partition coefficient (Wildman–Crippen LogP) is 2.32. The summed E-state index contributed by atoms with van der Waals surface area (Å²) in [6, 6.07) is 8.17. The van der Waals surface area contributed by atoms with Gasteiger partial charge in [-0.3, -0.25) is 9.79 Å². The lowest BCUT2D eigenvalue weighted by molar-refractivity contribution is -0.126. The zero-order chi connectivity index (χ0) is 15.1. The first-order chi connectivity index (χ1) is 10.7. The minimum Gasteiger partial charge on any atom is -0.441 e. The molecule has 0 radical (unpaired) electrons. The molecule has 1 amide bonds. The number of fused-ring (bicyclic) bond motifs is 3. The molecule has 22 heavy (non-hydrogen) atoms. The molecule has 0 fully saturated rings. The topological polar surface area (TPSA) is 58.7 Å². The Hall–Kier alpha value is -2.69.